The number of benzene rings is 1. The van der Waals surface area contributed by atoms with Crippen LogP contribution in [-0.4, -0.2) is 45.9 Å². The fourth-order valence-corrected chi connectivity index (χ4v) is 5.66. The number of carbonyl (C=O) groups excluding carboxylic acids is 1. The van der Waals surface area contributed by atoms with E-state index in [1.165, 1.54) is 20.9 Å². The van der Waals surface area contributed by atoms with Crippen molar-refractivity contribution in [2.45, 2.75) is 31.8 Å². The molecule has 0 radical (unpaired) electrons. The van der Waals surface area contributed by atoms with Crippen molar-refractivity contribution in [1.29, 1.82) is 0 Å². The summed E-state index contributed by atoms with van der Waals surface area (Å²) in [6, 6.07) is 12.9. The number of nitrogens with zero attached hydrogens (tertiary/aromatic N) is 3. The molecule has 2 aromatic heterocycles. The first-order chi connectivity index (χ1) is 13.7. The summed E-state index contributed by atoms with van der Waals surface area (Å²) in [5, 5.41) is 10.5. The zero-order valence-electron chi connectivity index (χ0n) is 15.8. The molecule has 0 aliphatic carbocycles. The molecule has 7 heteroatoms. The van der Waals surface area contributed by atoms with Crippen LogP contribution in [0.3, 0.4) is 0 Å². The Morgan fingerprint density at radius 1 is 1.21 bits per heavy atom. The Labute approximate surface area is 167 Å². The van der Waals surface area contributed by atoms with Gasteiger partial charge in [0.05, 0.1) is 12.3 Å². The third-order valence-corrected chi connectivity index (χ3v) is 7.23. The molecule has 3 aromatic rings. The zero-order valence-corrected chi connectivity index (χ0v) is 16.6. The van der Waals surface area contributed by atoms with Crippen LogP contribution in [0, 0.1) is 6.92 Å². The van der Waals surface area contributed by atoms with E-state index in [0.29, 0.717) is 24.5 Å². The van der Waals surface area contributed by atoms with Crippen LogP contribution in [0.4, 0.5) is 0 Å². The minimum atomic E-state index is -0.263. The highest BCUT2D eigenvalue weighted by molar-refractivity contribution is 7.15. The number of nitrogens with one attached hydrogen (secondary N) is 1. The lowest BCUT2D eigenvalue weighted by Gasteiger charge is -2.43. The number of amides is 1. The minimum absolute atomic E-state index is 0.0479. The number of ether oxygens (including phenoxy) is 1. The highest BCUT2D eigenvalue weighted by Gasteiger charge is 2.43. The number of fused-ring (bicyclic) bond motifs is 2. The number of likely N-dealkylation sites (tertiary alicyclic amines) is 1. The number of hydrogen-bond acceptors (Lipinski definition) is 5. The highest BCUT2D eigenvalue weighted by Crippen LogP contribution is 2.47. The van der Waals surface area contributed by atoms with Crippen molar-refractivity contribution >= 4 is 17.2 Å². The van der Waals surface area contributed by atoms with E-state index >= 15 is 0 Å². The molecule has 144 valence electrons. The maximum atomic E-state index is 12.8. The van der Waals surface area contributed by atoms with Gasteiger partial charge in [-0.1, -0.05) is 30.3 Å². The molecule has 0 bridgehead atoms. The lowest BCUT2D eigenvalue weighted by atomic mass is 9.85. The summed E-state index contributed by atoms with van der Waals surface area (Å²) in [6.07, 6.45) is 2.59. The molecule has 1 saturated heterocycles. The Balaban J connectivity index is 1.39. The van der Waals surface area contributed by atoms with Gasteiger partial charge in [0, 0.05) is 22.8 Å². The van der Waals surface area contributed by atoms with Crippen LogP contribution in [0.5, 0.6) is 0 Å². The fraction of sp³-hybridized carbons (Fsp3) is 0.381. The summed E-state index contributed by atoms with van der Waals surface area (Å²) < 4.78 is 6.36. The van der Waals surface area contributed by atoms with Gasteiger partial charge in [-0.25, -0.2) is 0 Å². The smallest absolute Gasteiger partial charge is 0.276 e. The molecule has 0 saturated carbocycles. The van der Waals surface area contributed by atoms with Crippen LogP contribution in [0.2, 0.25) is 0 Å². The molecule has 4 heterocycles. The summed E-state index contributed by atoms with van der Waals surface area (Å²) in [7, 11) is 0. The van der Waals surface area contributed by atoms with E-state index in [2.05, 4.69) is 45.7 Å². The lowest BCUT2D eigenvalue weighted by molar-refractivity contribution is -0.0906. The third-order valence-electron chi connectivity index (χ3n) is 5.81. The number of carbonyl (C=O) groups is 1. The monoisotopic (exact) mass is 394 g/mol. The van der Waals surface area contributed by atoms with E-state index in [1.807, 2.05) is 22.3 Å². The van der Waals surface area contributed by atoms with E-state index in [-0.39, 0.29) is 11.5 Å². The highest BCUT2D eigenvalue weighted by atomic mass is 32.1. The van der Waals surface area contributed by atoms with Crippen LogP contribution >= 0.6 is 11.3 Å². The van der Waals surface area contributed by atoms with Crippen molar-refractivity contribution in [3.8, 4) is 10.4 Å². The summed E-state index contributed by atoms with van der Waals surface area (Å²) in [5.41, 5.74) is 3.46. The molecule has 1 aromatic carbocycles. The quantitative estimate of drug-likeness (QED) is 0.722. The number of aromatic nitrogens is 3. The second-order valence-electron chi connectivity index (χ2n) is 7.47. The van der Waals surface area contributed by atoms with Crippen LogP contribution in [-0.2, 0) is 16.8 Å². The number of rotatable bonds is 2. The molecule has 1 spiro atoms. The molecule has 1 amide bonds. The van der Waals surface area contributed by atoms with Crippen molar-refractivity contribution in [3.63, 3.8) is 0 Å². The third kappa shape index (κ3) is 2.86. The van der Waals surface area contributed by atoms with Crippen molar-refractivity contribution in [2.24, 2.45) is 0 Å². The maximum absolute atomic E-state index is 12.8. The van der Waals surface area contributed by atoms with Crippen molar-refractivity contribution in [3.05, 3.63) is 58.2 Å². The predicted octanol–water partition coefficient (Wildman–Crippen LogP) is 3.55. The number of thiophene rings is 1. The molecule has 6 nitrogen and oxygen atoms in total. The van der Waals surface area contributed by atoms with E-state index in [9.17, 15) is 4.79 Å². The molecule has 5 rings (SSSR count). The van der Waals surface area contributed by atoms with E-state index in [4.69, 9.17) is 4.74 Å². The largest absolute Gasteiger partial charge is 0.369 e. The maximum Gasteiger partial charge on any atom is 0.276 e. The van der Waals surface area contributed by atoms with Gasteiger partial charge in [-0.05, 0) is 43.4 Å². The van der Waals surface area contributed by atoms with Crippen LogP contribution in [0.15, 0.2) is 36.4 Å². The van der Waals surface area contributed by atoms with E-state index in [0.717, 1.165) is 25.9 Å². The van der Waals surface area contributed by atoms with Crippen molar-refractivity contribution < 1.29 is 9.53 Å². The van der Waals surface area contributed by atoms with E-state index < -0.39 is 0 Å². The number of hydrogen-bond donors (Lipinski definition) is 1. The molecule has 1 N–H and O–H groups in total. The number of H-pyrrole nitrogens is 1. The van der Waals surface area contributed by atoms with Gasteiger partial charge in [0.1, 0.15) is 5.60 Å². The van der Waals surface area contributed by atoms with Crippen molar-refractivity contribution in [2.75, 3.05) is 19.7 Å². The van der Waals surface area contributed by atoms with Crippen LogP contribution < -0.4 is 0 Å². The summed E-state index contributed by atoms with van der Waals surface area (Å²) in [4.78, 5) is 17.3. The molecule has 0 unspecified atom stereocenters. The molecular weight excluding hydrogens is 372 g/mol. The average molecular weight is 394 g/mol. The normalized spacial score (nSPS) is 18.2. The van der Waals surface area contributed by atoms with Gasteiger partial charge < -0.3 is 9.64 Å². The van der Waals surface area contributed by atoms with Gasteiger partial charge in [-0.3, -0.25) is 4.79 Å². The number of piperidine rings is 1. The first-order valence-electron chi connectivity index (χ1n) is 9.65. The molecule has 28 heavy (non-hydrogen) atoms. The molecule has 2 aliphatic heterocycles. The Hall–Kier alpha value is -2.51. The topological polar surface area (TPSA) is 71.1 Å². The summed E-state index contributed by atoms with van der Waals surface area (Å²) in [6.45, 7) is 3.88. The number of aryl methyl sites for hydroxylation is 1. The standard InChI is InChI=1S/C21H22N4O2S/c1-14-18(23-24-22-14)20(26)25-10-8-21(9-11-25)19-16(7-12-27-21)13-17(28-19)15-5-3-2-4-6-15/h2-6,13H,7-12H2,1H3,(H,22,23,24). The Kier molecular flexibility index (Phi) is 4.29. The lowest BCUT2D eigenvalue weighted by Crippen LogP contribution is -2.48. The summed E-state index contributed by atoms with van der Waals surface area (Å²) in [5.74, 6) is -0.0479. The molecule has 0 atom stereocenters. The molecule has 1 fully saturated rings. The van der Waals surface area contributed by atoms with E-state index in [1.54, 1.807) is 6.92 Å². The Morgan fingerprint density at radius 3 is 2.71 bits per heavy atom. The fourth-order valence-electron chi connectivity index (χ4n) is 4.25. The Bertz CT molecular complexity index is 1000. The van der Waals surface area contributed by atoms with Gasteiger partial charge in [0.15, 0.2) is 5.69 Å². The second-order valence-corrected chi connectivity index (χ2v) is 8.53. The first-order valence-corrected chi connectivity index (χ1v) is 10.5. The Morgan fingerprint density at radius 2 is 2.00 bits per heavy atom. The van der Waals surface area contributed by atoms with Crippen LogP contribution in [0.25, 0.3) is 10.4 Å². The average Bonchev–Trinajstić information content (AvgIpc) is 3.36. The first kappa shape index (κ1) is 17.6. The second kappa shape index (κ2) is 6.83. The van der Waals surface area contributed by atoms with Gasteiger partial charge >= 0.3 is 0 Å². The predicted molar refractivity (Wildman–Crippen MR) is 107 cm³/mol. The molecular formula is C21H22N4O2S. The SMILES string of the molecule is Cc1n[nH]nc1C(=O)N1CCC2(CC1)OCCc1cc(-c3ccccc3)sc12. The van der Waals surface area contributed by atoms with Gasteiger partial charge in [0.2, 0.25) is 0 Å². The van der Waals surface area contributed by atoms with Crippen molar-refractivity contribution in [1.82, 2.24) is 20.3 Å². The molecule has 2 aliphatic rings. The van der Waals surface area contributed by atoms with Gasteiger partial charge in [-0.15, -0.1) is 11.3 Å². The zero-order chi connectivity index (χ0) is 19.1. The number of aromatic amines is 1. The van der Waals surface area contributed by atoms with Gasteiger partial charge in [0.25, 0.3) is 5.91 Å². The van der Waals surface area contributed by atoms with Crippen LogP contribution in [0.1, 0.15) is 39.5 Å². The van der Waals surface area contributed by atoms with Gasteiger partial charge in [-0.2, -0.15) is 15.4 Å². The summed E-state index contributed by atoms with van der Waals surface area (Å²) >= 11 is 1.85. The minimum Gasteiger partial charge on any atom is -0.369 e.